The van der Waals surface area contributed by atoms with Gasteiger partial charge >= 0.3 is 0 Å². The van der Waals surface area contributed by atoms with Gasteiger partial charge in [0.2, 0.25) is 0 Å². The van der Waals surface area contributed by atoms with Crippen LogP contribution in [0.3, 0.4) is 0 Å². The van der Waals surface area contributed by atoms with Gasteiger partial charge in [0.1, 0.15) is 0 Å². The van der Waals surface area contributed by atoms with Crippen LogP contribution >= 0.6 is 22.9 Å². The summed E-state index contributed by atoms with van der Waals surface area (Å²) in [5, 5.41) is 0. The molecule has 1 saturated heterocycles. The second kappa shape index (κ2) is 1.84. The van der Waals surface area contributed by atoms with Crippen molar-refractivity contribution in [1.29, 1.82) is 0 Å². The summed E-state index contributed by atoms with van der Waals surface area (Å²) in [6.45, 7) is 2.73. The molecule has 1 aliphatic heterocycles. The molecule has 1 heterocycles. The molecule has 1 aliphatic carbocycles. The molecule has 0 spiro atoms. The monoisotopic (exact) mass is 223 g/mol. The number of fused-ring (bicyclic) bond motifs is 1. The van der Waals surface area contributed by atoms with Gasteiger partial charge in [0, 0.05) is 36.0 Å². The molecular weight excluding hydrogens is 213 g/mol. The topological polar surface area (TPSA) is 3.24 Å². The first-order chi connectivity index (χ1) is 3.86. The first-order valence-corrected chi connectivity index (χ1v) is 4.23. The maximum Gasteiger partial charge on any atom is 0.0201 e. The highest BCUT2D eigenvalue weighted by atomic mass is 127. The highest BCUT2D eigenvalue weighted by molar-refractivity contribution is 14.1. The number of halogens is 1. The average Bonchev–Trinajstić information content (AvgIpc) is 1.91. The quantitative estimate of drug-likeness (QED) is 0.446. The Morgan fingerprint density at radius 3 is 1.88 bits per heavy atom. The normalized spacial score (nSPS) is 46.1. The fourth-order valence-electron chi connectivity index (χ4n) is 1.70. The molecular formula is C6H10IN. The molecule has 0 amide bonds. The second-order valence-corrected chi connectivity index (χ2v) is 4.29. The van der Waals surface area contributed by atoms with E-state index in [0.29, 0.717) is 0 Å². The predicted molar refractivity (Wildman–Crippen MR) is 41.8 cm³/mol. The molecule has 2 heteroatoms. The minimum absolute atomic E-state index is 1.09. The molecule has 1 saturated carbocycles. The van der Waals surface area contributed by atoms with Gasteiger partial charge in [-0.25, -0.2) is 3.11 Å². The van der Waals surface area contributed by atoms with Gasteiger partial charge in [-0.05, 0) is 24.7 Å². The van der Waals surface area contributed by atoms with Crippen molar-refractivity contribution in [3.8, 4) is 0 Å². The number of hydrogen-bond donors (Lipinski definition) is 0. The van der Waals surface area contributed by atoms with Crippen molar-refractivity contribution in [2.24, 2.45) is 11.8 Å². The SMILES string of the molecule is IN1CC2CCC2C1. The van der Waals surface area contributed by atoms with Gasteiger partial charge in [0.15, 0.2) is 0 Å². The minimum Gasteiger partial charge on any atom is -0.247 e. The first kappa shape index (κ1) is 5.47. The Kier molecular flexibility index (Phi) is 1.26. The predicted octanol–water partition coefficient (Wildman–Crippen LogP) is 1.68. The Morgan fingerprint density at radius 2 is 1.62 bits per heavy atom. The summed E-state index contributed by atoms with van der Waals surface area (Å²) in [6.07, 6.45) is 3.01. The molecule has 2 aliphatic rings. The van der Waals surface area contributed by atoms with E-state index in [1.807, 2.05) is 0 Å². The smallest absolute Gasteiger partial charge is 0.0201 e. The molecule has 2 unspecified atom stereocenters. The van der Waals surface area contributed by atoms with Crippen LogP contribution in [0.2, 0.25) is 0 Å². The Morgan fingerprint density at radius 1 is 1.12 bits per heavy atom. The maximum absolute atomic E-state index is 2.44. The van der Waals surface area contributed by atoms with E-state index in [-0.39, 0.29) is 0 Å². The van der Waals surface area contributed by atoms with E-state index >= 15 is 0 Å². The van der Waals surface area contributed by atoms with Crippen LogP contribution in [-0.2, 0) is 0 Å². The van der Waals surface area contributed by atoms with Crippen molar-refractivity contribution in [2.75, 3.05) is 13.1 Å². The van der Waals surface area contributed by atoms with Crippen molar-refractivity contribution < 1.29 is 0 Å². The lowest BCUT2D eigenvalue weighted by Crippen LogP contribution is -2.22. The van der Waals surface area contributed by atoms with Crippen molar-refractivity contribution in [1.82, 2.24) is 3.11 Å². The van der Waals surface area contributed by atoms with Crippen LogP contribution in [0.4, 0.5) is 0 Å². The zero-order valence-electron chi connectivity index (χ0n) is 4.81. The van der Waals surface area contributed by atoms with E-state index in [2.05, 4.69) is 26.0 Å². The van der Waals surface area contributed by atoms with Crippen LogP contribution in [0.5, 0.6) is 0 Å². The van der Waals surface area contributed by atoms with Gasteiger partial charge < -0.3 is 0 Å². The Bertz CT molecular complexity index is 92.7. The summed E-state index contributed by atoms with van der Waals surface area (Å²) >= 11 is 2.44. The van der Waals surface area contributed by atoms with Gasteiger partial charge in [-0.3, -0.25) is 0 Å². The molecule has 0 N–H and O–H groups in total. The van der Waals surface area contributed by atoms with E-state index < -0.39 is 0 Å². The fraction of sp³-hybridized carbons (Fsp3) is 1.00. The van der Waals surface area contributed by atoms with Crippen molar-refractivity contribution in [3.63, 3.8) is 0 Å². The summed E-state index contributed by atoms with van der Waals surface area (Å²) in [7, 11) is 0. The summed E-state index contributed by atoms with van der Waals surface area (Å²) in [4.78, 5) is 0. The van der Waals surface area contributed by atoms with E-state index in [0.717, 1.165) is 11.8 Å². The number of hydrogen-bond acceptors (Lipinski definition) is 1. The summed E-state index contributed by atoms with van der Waals surface area (Å²) in [5.41, 5.74) is 0. The fourth-order valence-corrected chi connectivity index (χ4v) is 2.71. The van der Waals surface area contributed by atoms with Crippen LogP contribution in [0.1, 0.15) is 12.8 Å². The van der Waals surface area contributed by atoms with Crippen molar-refractivity contribution in [3.05, 3.63) is 0 Å². The van der Waals surface area contributed by atoms with Crippen LogP contribution in [-0.4, -0.2) is 16.2 Å². The lowest BCUT2D eigenvalue weighted by molar-refractivity contribution is 0.243. The third kappa shape index (κ3) is 0.692. The number of rotatable bonds is 0. The van der Waals surface area contributed by atoms with Crippen LogP contribution in [0.15, 0.2) is 0 Å². The summed E-state index contributed by atoms with van der Waals surface area (Å²) in [5.74, 6) is 2.18. The summed E-state index contributed by atoms with van der Waals surface area (Å²) in [6, 6.07) is 0. The second-order valence-electron chi connectivity index (χ2n) is 2.93. The van der Waals surface area contributed by atoms with Crippen LogP contribution < -0.4 is 0 Å². The minimum atomic E-state index is 1.09. The largest absolute Gasteiger partial charge is 0.247 e. The Hall–Kier alpha value is 0.690. The Balaban J connectivity index is 2.00. The molecule has 8 heavy (non-hydrogen) atoms. The molecule has 1 nitrogen and oxygen atoms in total. The van der Waals surface area contributed by atoms with E-state index in [1.54, 1.807) is 0 Å². The van der Waals surface area contributed by atoms with Gasteiger partial charge in [-0.1, -0.05) is 0 Å². The van der Waals surface area contributed by atoms with Gasteiger partial charge in [-0.2, -0.15) is 0 Å². The van der Waals surface area contributed by atoms with Gasteiger partial charge in [0.25, 0.3) is 0 Å². The number of nitrogens with zero attached hydrogens (tertiary/aromatic N) is 1. The van der Waals surface area contributed by atoms with Gasteiger partial charge in [0.05, 0.1) is 0 Å². The first-order valence-electron chi connectivity index (χ1n) is 3.27. The molecule has 0 aromatic rings. The van der Waals surface area contributed by atoms with Crippen molar-refractivity contribution >= 4 is 22.9 Å². The molecule has 0 bridgehead atoms. The lowest BCUT2D eigenvalue weighted by atomic mass is 9.77. The van der Waals surface area contributed by atoms with E-state index in [4.69, 9.17) is 0 Å². The molecule has 46 valence electrons. The Labute approximate surface area is 63.9 Å². The third-order valence-electron chi connectivity index (χ3n) is 2.44. The van der Waals surface area contributed by atoms with Crippen LogP contribution in [0, 0.1) is 11.8 Å². The molecule has 2 atom stereocenters. The highest BCUT2D eigenvalue weighted by Crippen LogP contribution is 2.41. The lowest BCUT2D eigenvalue weighted by Gasteiger charge is -2.27. The zero-order valence-corrected chi connectivity index (χ0v) is 6.97. The summed E-state index contributed by atoms with van der Waals surface area (Å²) < 4.78 is 2.43. The van der Waals surface area contributed by atoms with Crippen LogP contribution in [0.25, 0.3) is 0 Å². The molecule has 0 aromatic carbocycles. The molecule has 0 radical (unpaired) electrons. The van der Waals surface area contributed by atoms with E-state index in [9.17, 15) is 0 Å². The third-order valence-corrected chi connectivity index (χ3v) is 3.23. The van der Waals surface area contributed by atoms with Crippen molar-refractivity contribution in [2.45, 2.75) is 12.8 Å². The van der Waals surface area contributed by atoms with Gasteiger partial charge in [-0.15, -0.1) is 0 Å². The standard InChI is InChI=1S/C6H10IN/c7-8-3-5-1-2-6(5)4-8/h5-6H,1-4H2. The highest BCUT2D eigenvalue weighted by Gasteiger charge is 2.38. The maximum atomic E-state index is 2.44. The molecule has 2 rings (SSSR count). The zero-order chi connectivity index (χ0) is 5.56. The average molecular weight is 223 g/mol. The molecule has 0 aromatic heterocycles. The van der Waals surface area contributed by atoms with E-state index in [1.165, 1.54) is 25.9 Å². The molecule has 2 fully saturated rings.